The number of carbonyl (C=O) groups excluding carboxylic acids is 2. The molecule has 128 valence electrons. The Labute approximate surface area is 145 Å². The molecule has 25 heavy (non-hydrogen) atoms. The topological polar surface area (TPSA) is 55.4 Å². The van der Waals surface area contributed by atoms with Crippen molar-refractivity contribution < 1.29 is 18.7 Å². The molecule has 2 aromatic rings. The third kappa shape index (κ3) is 5.73. The Hall–Kier alpha value is -3.21. The maximum atomic E-state index is 13.0. The lowest BCUT2D eigenvalue weighted by atomic mass is 10.1. The number of carbonyl (C=O) groups is 2. The highest BCUT2D eigenvalue weighted by Gasteiger charge is 2.24. The Kier molecular flexibility index (Phi) is 6.65. The fourth-order valence-corrected chi connectivity index (χ4v) is 2.04. The van der Waals surface area contributed by atoms with E-state index in [9.17, 15) is 14.0 Å². The van der Waals surface area contributed by atoms with Crippen molar-refractivity contribution in [2.24, 2.45) is 0 Å². The first-order valence-corrected chi connectivity index (χ1v) is 7.71. The van der Waals surface area contributed by atoms with Gasteiger partial charge in [0.05, 0.1) is 0 Å². The number of nitrogens with one attached hydrogen (secondary N) is 1. The molecule has 0 fully saturated rings. The van der Waals surface area contributed by atoms with E-state index in [-0.39, 0.29) is 0 Å². The number of allylic oxidation sites excluding steroid dienone is 3. The fourth-order valence-electron chi connectivity index (χ4n) is 2.04. The lowest BCUT2D eigenvalue weighted by Crippen LogP contribution is -2.25. The molecule has 0 aliphatic carbocycles. The summed E-state index contributed by atoms with van der Waals surface area (Å²) in [5, 5.41) is 2.62. The summed E-state index contributed by atoms with van der Waals surface area (Å²) >= 11 is 0. The summed E-state index contributed by atoms with van der Waals surface area (Å²) in [6, 6.07) is 14.0. The van der Waals surface area contributed by atoms with Gasteiger partial charge in [-0.3, -0.25) is 4.79 Å². The highest BCUT2D eigenvalue weighted by molar-refractivity contribution is 5.96. The van der Waals surface area contributed by atoms with E-state index in [1.54, 1.807) is 42.5 Å². The lowest BCUT2D eigenvalue weighted by Gasteiger charge is -2.17. The van der Waals surface area contributed by atoms with Crippen molar-refractivity contribution in [3.05, 3.63) is 90.3 Å². The molecule has 1 amide bonds. The number of amides is 1. The zero-order chi connectivity index (χ0) is 18.1. The van der Waals surface area contributed by atoms with Crippen molar-refractivity contribution in [2.45, 2.75) is 13.0 Å². The number of benzene rings is 2. The van der Waals surface area contributed by atoms with Crippen molar-refractivity contribution in [1.82, 2.24) is 0 Å². The standard InChI is InChI=1S/C20H18FNO3/c1-2-3-5-10-18(23)25-19(15-8-6-4-7-9-15)20(24)22-17-13-11-16(21)12-14-17/h2-14,19H,1H3,(H,22,24)/b3-2+,10-5+/t19-/m0/s1. The summed E-state index contributed by atoms with van der Waals surface area (Å²) in [7, 11) is 0. The highest BCUT2D eigenvalue weighted by atomic mass is 19.1. The second kappa shape index (κ2) is 9.17. The van der Waals surface area contributed by atoms with E-state index in [4.69, 9.17) is 4.74 Å². The van der Waals surface area contributed by atoms with Crippen LogP contribution in [0.2, 0.25) is 0 Å². The molecule has 0 aromatic heterocycles. The van der Waals surface area contributed by atoms with Crippen LogP contribution in [0.1, 0.15) is 18.6 Å². The third-order valence-corrected chi connectivity index (χ3v) is 3.22. The normalized spacial score (nSPS) is 12.2. The van der Waals surface area contributed by atoms with Gasteiger partial charge in [0.2, 0.25) is 6.10 Å². The minimum Gasteiger partial charge on any atom is -0.444 e. The molecule has 0 radical (unpaired) electrons. The van der Waals surface area contributed by atoms with Crippen molar-refractivity contribution >= 4 is 17.6 Å². The van der Waals surface area contributed by atoms with Crippen LogP contribution in [0.25, 0.3) is 0 Å². The summed E-state index contributed by atoms with van der Waals surface area (Å²) in [5.41, 5.74) is 0.947. The van der Waals surface area contributed by atoms with Crippen LogP contribution in [0, 0.1) is 5.82 Å². The Bertz CT molecular complexity index is 767. The summed E-state index contributed by atoms with van der Waals surface area (Å²) < 4.78 is 18.3. The summed E-state index contributed by atoms with van der Waals surface area (Å²) in [6.07, 6.45) is 5.09. The molecule has 0 unspecified atom stereocenters. The van der Waals surface area contributed by atoms with Crippen LogP contribution in [0.4, 0.5) is 10.1 Å². The van der Waals surface area contributed by atoms with Crippen molar-refractivity contribution in [3.8, 4) is 0 Å². The quantitative estimate of drug-likeness (QED) is 0.488. The van der Waals surface area contributed by atoms with Gasteiger partial charge in [-0.1, -0.05) is 48.6 Å². The van der Waals surface area contributed by atoms with Gasteiger partial charge >= 0.3 is 5.97 Å². The molecule has 1 atom stereocenters. The molecule has 4 nitrogen and oxygen atoms in total. The zero-order valence-corrected chi connectivity index (χ0v) is 13.7. The number of halogens is 1. The molecular formula is C20H18FNO3. The molecule has 0 heterocycles. The van der Waals surface area contributed by atoms with Gasteiger partial charge in [-0.05, 0) is 31.2 Å². The maximum Gasteiger partial charge on any atom is 0.331 e. The third-order valence-electron chi connectivity index (χ3n) is 3.22. The van der Waals surface area contributed by atoms with Crippen LogP contribution in [0.3, 0.4) is 0 Å². The molecule has 0 aliphatic heterocycles. The predicted molar refractivity (Wildman–Crippen MR) is 94.3 cm³/mol. The molecule has 0 bridgehead atoms. The van der Waals surface area contributed by atoms with Gasteiger partial charge in [0.15, 0.2) is 0 Å². The molecule has 0 saturated carbocycles. The summed E-state index contributed by atoms with van der Waals surface area (Å²) in [4.78, 5) is 24.5. The molecular weight excluding hydrogens is 321 g/mol. The Morgan fingerprint density at radius 1 is 1.04 bits per heavy atom. The Balaban J connectivity index is 2.17. The first-order valence-electron chi connectivity index (χ1n) is 7.71. The molecule has 1 N–H and O–H groups in total. The largest absolute Gasteiger partial charge is 0.444 e. The van der Waals surface area contributed by atoms with Gasteiger partial charge in [0.1, 0.15) is 5.82 Å². The number of rotatable bonds is 6. The van der Waals surface area contributed by atoms with Gasteiger partial charge in [0.25, 0.3) is 5.91 Å². The molecule has 2 aromatic carbocycles. The predicted octanol–water partition coefficient (Wildman–Crippen LogP) is 4.18. The van der Waals surface area contributed by atoms with Crippen LogP contribution < -0.4 is 5.32 Å². The molecule has 0 saturated heterocycles. The van der Waals surface area contributed by atoms with Crippen LogP contribution in [-0.2, 0) is 14.3 Å². The van der Waals surface area contributed by atoms with Crippen molar-refractivity contribution in [2.75, 3.05) is 5.32 Å². The average molecular weight is 339 g/mol. The average Bonchev–Trinajstić information content (AvgIpc) is 2.62. The van der Waals surface area contributed by atoms with Gasteiger partial charge in [-0.25, -0.2) is 9.18 Å². The monoisotopic (exact) mass is 339 g/mol. The molecule has 5 heteroatoms. The smallest absolute Gasteiger partial charge is 0.331 e. The van der Waals surface area contributed by atoms with Crippen LogP contribution in [-0.4, -0.2) is 11.9 Å². The zero-order valence-electron chi connectivity index (χ0n) is 13.7. The molecule has 0 spiro atoms. The molecule has 2 rings (SSSR count). The number of esters is 1. The van der Waals surface area contributed by atoms with Crippen molar-refractivity contribution in [1.29, 1.82) is 0 Å². The maximum absolute atomic E-state index is 13.0. The highest BCUT2D eigenvalue weighted by Crippen LogP contribution is 2.20. The first kappa shape index (κ1) is 18.1. The van der Waals surface area contributed by atoms with Crippen LogP contribution >= 0.6 is 0 Å². The van der Waals surface area contributed by atoms with E-state index in [1.807, 2.05) is 6.92 Å². The Morgan fingerprint density at radius 3 is 2.36 bits per heavy atom. The fraction of sp³-hybridized carbons (Fsp3) is 0.100. The Morgan fingerprint density at radius 2 is 1.72 bits per heavy atom. The van der Waals surface area contributed by atoms with Gasteiger partial charge < -0.3 is 10.1 Å². The summed E-state index contributed by atoms with van der Waals surface area (Å²) in [5.74, 6) is -1.56. The van der Waals surface area contributed by atoms with E-state index in [0.29, 0.717) is 11.3 Å². The second-order valence-corrected chi connectivity index (χ2v) is 5.11. The van der Waals surface area contributed by atoms with Crippen LogP contribution in [0.15, 0.2) is 78.9 Å². The minimum atomic E-state index is -1.12. The SMILES string of the molecule is C/C=C/C=C/C(=O)O[C@H](C(=O)Nc1ccc(F)cc1)c1ccccc1. The first-order chi connectivity index (χ1) is 12.1. The summed E-state index contributed by atoms with van der Waals surface area (Å²) in [6.45, 7) is 1.82. The minimum absolute atomic E-state index is 0.404. The number of hydrogen-bond acceptors (Lipinski definition) is 3. The van der Waals surface area contributed by atoms with E-state index in [0.717, 1.165) is 0 Å². The van der Waals surface area contributed by atoms with Gasteiger partial charge in [0, 0.05) is 17.3 Å². The second-order valence-electron chi connectivity index (χ2n) is 5.11. The van der Waals surface area contributed by atoms with E-state index in [1.165, 1.54) is 36.4 Å². The lowest BCUT2D eigenvalue weighted by molar-refractivity contribution is -0.149. The van der Waals surface area contributed by atoms with Gasteiger partial charge in [-0.15, -0.1) is 0 Å². The van der Waals surface area contributed by atoms with Gasteiger partial charge in [-0.2, -0.15) is 0 Å². The number of ether oxygens (including phenoxy) is 1. The van der Waals surface area contributed by atoms with Crippen LogP contribution in [0.5, 0.6) is 0 Å². The molecule has 0 aliphatic rings. The number of hydrogen-bond donors (Lipinski definition) is 1. The van der Waals surface area contributed by atoms with Crippen molar-refractivity contribution in [3.63, 3.8) is 0 Å². The number of anilines is 1. The van der Waals surface area contributed by atoms with E-state index in [2.05, 4.69) is 5.32 Å². The van der Waals surface area contributed by atoms with E-state index < -0.39 is 23.8 Å². The van der Waals surface area contributed by atoms with E-state index >= 15 is 0 Å².